The highest BCUT2D eigenvalue weighted by Gasteiger charge is 2.23. The maximum Gasteiger partial charge on any atom is 0.307 e. The number of hydrogen-bond donors (Lipinski definition) is 2. The summed E-state index contributed by atoms with van der Waals surface area (Å²) in [7, 11) is 0. The van der Waals surface area contributed by atoms with Crippen LogP contribution in [0.1, 0.15) is 21.6 Å². The highest BCUT2D eigenvalue weighted by Crippen LogP contribution is 2.41. The van der Waals surface area contributed by atoms with Crippen molar-refractivity contribution in [2.24, 2.45) is 0 Å². The van der Waals surface area contributed by atoms with Gasteiger partial charge in [-0.3, -0.25) is 9.78 Å². The summed E-state index contributed by atoms with van der Waals surface area (Å²) in [5, 5.41) is 9.93. The lowest BCUT2D eigenvalue weighted by Gasteiger charge is -2.08. The van der Waals surface area contributed by atoms with Crippen LogP contribution >= 0.6 is 11.3 Å². The Balaban J connectivity index is 1.85. The standard InChI is InChI=1S/C19H15NO2S/c21-18-17(23-19(22)20-18)11-16-14-9-5-4-8-13(14)10-15(16)12-6-2-1-3-7-12/h1-9,21H,10-11H2,(H,20,22). The molecule has 3 nitrogen and oxygen atoms in total. The molecule has 0 saturated heterocycles. The van der Waals surface area contributed by atoms with Crippen molar-refractivity contribution >= 4 is 22.5 Å². The zero-order chi connectivity index (χ0) is 15.8. The second-order valence-electron chi connectivity index (χ2n) is 5.62. The second-order valence-corrected chi connectivity index (χ2v) is 6.69. The number of rotatable bonds is 3. The van der Waals surface area contributed by atoms with Gasteiger partial charge in [0.1, 0.15) is 0 Å². The van der Waals surface area contributed by atoms with Crippen molar-refractivity contribution in [2.75, 3.05) is 0 Å². The summed E-state index contributed by atoms with van der Waals surface area (Å²) in [5.41, 5.74) is 6.17. The molecule has 0 radical (unpaired) electrons. The maximum absolute atomic E-state index is 11.5. The zero-order valence-corrected chi connectivity index (χ0v) is 13.2. The quantitative estimate of drug-likeness (QED) is 0.770. The molecule has 4 heteroatoms. The molecule has 0 unspecified atom stereocenters. The first-order valence-corrected chi connectivity index (χ1v) is 8.30. The smallest absolute Gasteiger partial charge is 0.307 e. The van der Waals surface area contributed by atoms with Gasteiger partial charge in [-0.05, 0) is 34.3 Å². The van der Waals surface area contributed by atoms with Crippen molar-refractivity contribution in [3.8, 4) is 5.88 Å². The normalized spacial score (nSPS) is 13.4. The van der Waals surface area contributed by atoms with Crippen molar-refractivity contribution in [1.29, 1.82) is 0 Å². The number of fused-ring (bicyclic) bond motifs is 1. The fourth-order valence-corrected chi connectivity index (χ4v) is 3.91. The fraction of sp³-hybridized carbons (Fsp3) is 0.105. The van der Waals surface area contributed by atoms with Gasteiger partial charge in [-0.25, -0.2) is 0 Å². The Morgan fingerprint density at radius 2 is 1.78 bits per heavy atom. The summed E-state index contributed by atoms with van der Waals surface area (Å²) in [4.78, 5) is 14.4. The van der Waals surface area contributed by atoms with E-state index in [1.807, 2.05) is 24.3 Å². The second kappa shape index (κ2) is 5.56. The first-order chi connectivity index (χ1) is 11.2. The lowest BCUT2D eigenvalue weighted by atomic mass is 9.98. The third-order valence-corrected chi connectivity index (χ3v) is 5.11. The number of benzene rings is 2. The molecule has 114 valence electrons. The first kappa shape index (κ1) is 14.0. The van der Waals surface area contributed by atoms with E-state index in [1.54, 1.807) is 0 Å². The molecule has 0 spiro atoms. The summed E-state index contributed by atoms with van der Waals surface area (Å²) in [6, 6.07) is 18.7. The van der Waals surface area contributed by atoms with E-state index in [4.69, 9.17) is 0 Å². The van der Waals surface area contributed by atoms with E-state index in [0.717, 1.165) is 17.8 Å². The highest BCUT2D eigenvalue weighted by atomic mass is 32.1. The minimum atomic E-state index is -0.217. The predicted molar refractivity (Wildman–Crippen MR) is 93.7 cm³/mol. The number of aromatic amines is 1. The molecule has 2 aromatic carbocycles. The van der Waals surface area contributed by atoms with Crippen LogP contribution in [0.2, 0.25) is 0 Å². The Morgan fingerprint density at radius 1 is 1.04 bits per heavy atom. The van der Waals surface area contributed by atoms with Crippen molar-refractivity contribution in [3.63, 3.8) is 0 Å². The van der Waals surface area contributed by atoms with Gasteiger partial charge < -0.3 is 5.11 Å². The Labute approximate surface area is 137 Å². The summed E-state index contributed by atoms with van der Waals surface area (Å²) >= 11 is 1.08. The third kappa shape index (κ3) is 2.51. The molecular weight excluding hydrogens is 306 g/mol. The van der Waals surface area contributed by atoms with Gasteiger partial charge in [0.25, 0.3) is 0 Å². The molecule has 0 atom stereocenters. The number of aromatic hydroxyl groups is 1. The van der Waals surface area contributed by atoms with Crippen LogP contribution in [0, 0.1) is 0 Å². The highest BCUT2D eigenvalue weighted by molar-refractivity contribution is 7.09. The van der Waals surface area contributed by atoms with Gasteiger partial charge >= 0.3 is 4.87 Å². The molecule has 1 aliphatic rings. The summed E-state index contributed by atoms with van der Waals surface area (Å²) in [6.45, 7) is 0. The average molecular weight is 321 g/mol. The van der Waals surface area contributed by atoms with Gasteiger partial charge in [-0.2, -0.15) is 0 Å². The molecule has 2 N–H and O–H groups in total. The Bertz CT molecular complexity index is 951. The minimum Gasteiger partial charge on any atom is -0.494 e. The van der Waals surface area contributed by atoms with Gasteiger partial charge in [0, 0.05) is 6.42 Å². The van der Waals surface area contributed by atoms with Gasteiger partial charge in [0.05, 0.1) is 4.88 Å². The van der Waals surface area contributed by atoms with Gasteiger partial charge in [-0.15, -0.1) is 0 Å². The molecular formula is C19H15NO2S. The molecule has 0 aliphatic heterocycles. The van der Waals surface area contributed by atoms with Crippen LogP contribution < -0.4 is 4.87 Å². The van der Waals surface area contributed by atoms with Crippen molar-refractivity contribution in [1.82, 2.24) is 4.98 Å². The van der Waals surface area contributed by atoms with E-state index >= 15 is 0 Å². The van der Waals surface area contributed by atoms with Crippen LogP contribution in [0.3, 0.4) is 0 Å². The first-order valence-electron chi connectivity index (χ1n) is 7.49. The summed E-state index contributed by atoms with van der Waals surface area (Å²) in [5.74, 6) is -0.00991. The lowest BCUT2D eigenvalue weighted by molar-refractivity contribution is 0.451. The van der Waals surface area contributed by atoms with Gasteiger partial charge in [0.15, 0.2) is 0 Å². The monoisotopic (exact) mass is 321 g/mol. The molecule has 0 saturated carbocycles. The van der Waals surface area contributed by atoms with Crippen LogP contribution in [0.5, 0.6) is 5.88 Å². The van der Waals surface area contributed by atoms with Crippen LogP contribution in [0.4, 0.5) is 0 Å². The fourth-order valence-electron chi connectivity index (χ4n) is 3.18. The predicted octanol–water partition coefficient (Wildman–Crippen LogP) is 3.85. The van der Waals surface area contributed by atoms with E-state index in [0.29, 0.717) is 11.3 Å². The van der Waals surface area contributed by atoms with E-state index in [2.05, 4.69) is 35.3 Å². The SMILES string of the molecule is O=c1[nH]c(O)c(CC2=C(c3ccccc3)Cc3ccccc32)s1. The maximum atomic E-state index is 11.5. The van der Waals surface area contributed by atoms with Gasteiger partial charge in [0.2, 0.25) is 5.88 Å². The molecule has 23 heavy (non-hydrogen) atoms. The summed E-state index contributed by atoms with van der Waals surface area (Å²) < 4.78 is 0. The number of allylic oxidation sites excluding steroid dienone is 2. The summed E-state index contributed by atoms with van der Waals surface area (Å²) in [6.07, 6.45) is 1.45. The van der Waals surface area contributed by atoms with E-state index in [1.165, 1.54) is 27.8 Å². The Morgan fingerprint density at radius 3 is 2.52 bits per heavy atom. The molecule has 4 rings (SSSR count). The molecule has 1 heterocycles. The molecule has 1 aliphatic carbocycles. The average Bonchev–Trinajstić information content (AvgIpc) is 3.09. The molecule has 0 bridgehead atoms. The van der Waals surface area contributed by atoms with E-state index in [9.17, 15) is 9.90 Å². The van der Waals surface area contributed by atoms with Crippen LogP contribution in [0.25, 0.3) is 11.1 Å². The van der Waals surface area contributed by atoms with E-state index < -0.39 is 0 Å². The minimum absolute atomic E-state index is 0.00991. The van der Waals surface area contributed by atoms with Crippen molar-refractivity contribution in [2.45, 2.75) is 12.8 Å². The number of hydrogen-bond acceptors (Lipinski definition) is 3. The van der Waals surface area contributed by atoms with Crippen molar-refractivity contribution in [3.05, 3.63) is 85.8 Å². The molecule has 1 aromatic heterocycles. The molecule has 0 fully saturated rings. The van der Waals surface area contributed by atoms with Crippen LogP contribution in [-0.2, 0) is 12.8 Å². The number of aromatic nitrogens is 1. The number of thiazole rings is 1. The zero-order valence-electron chi connectivity index (χ0n) is 12.4. The third-order valence-electron chi connectivity index (χ3n) is 4.23. The largest absolute Gasteiger partial charge is 0.494 e. The number of H-pyrrole nitrogens is 1. The lowest BCUT2D eigenvalue weighted by Crippen LogP contribution is -1.90. The van der Waals surface area contributed by atoms with E-state index in [-0.39, 0.29) is 10.8 Å². The Hall–Kier alpha value is -2.59. The molecule has 0 amide bonds. The van der Waals surface area contributed by atoms with Gasteiger partial charge in [-0.1, -0.05) is 65.9 Å². The van der Waals surface area contributed by atoms with Crippen LogP contribution in [-0.4, -0.2) is 10.1 Å². The van der Waals surface area contributed by atoms with Crippen molar-refractivity contribution < 1.29 is 5.11 Å². The number of nitrogens with one attached hydrogen (secondary N) is 1. The van der Waals surface area contributed by atoms with Crippen LogP contribution in [0.15, 0.2) is 59.4 Å². The molecule has 3 aromatic rings. The topological polar surface area (TPSA) is 53.1 Å². The Kier molecular flexibility index (Phi) is 3.39.